The van der Waals surface area contributed by atoms with Crippen LogP contribution in [0.25, 0.3) is 0 Å². The number of carbonyl (C=O) groups excluding carboxylic acids is 2. The van der Waals surface area contributed by atoms with Crippen LogP contribution >= 0.6 is 0 Å². The molecule has 54 heavy (non-hydrogen) atoms. The van der Waals surface area contributed by atoms with E-state index in [1.54, 1.807) is 0 Å². The third-order valence-electron chi connectivity index (χ3n) is 7.69. The number of allylic oxidation sites excluding steroid dienone is 16. The summed E-state index contributed by atoms with van der Waals surface area (Å²) in [7, 11) is -4.62. The van der Waals surface area contributed by atoms with Crippen molar-refractivity contribution in [1.82, 2.24) is 0 Å². The molecular formula is C41H62O12S. The van der Waals surface area contributed by atoms with Gasteiger partial charge in [-0.2, -0.15) is 8.42 Å². The summed E-state index contributed by atoms with van der Waals surface area (Å²) in [5, 5.41) is 30.7. The summed E-state index contributed by atoms with van der Waals surface area (Å²) in [6.45, 7) is 3.34. The van der Waals surface area contributed by atoms with E-state index in [1.165, 1.54) is 0 Å². The Morgan fingerprint density at radius 1 is 0.611 bits per heavy atom. The van der Waals surface area contributed by atoms with Crippen LogP contribution in [0, 0.1) is 0 Å². The van der Waals surface area contributed by atoms with E-state index in [4.69, 9.17) is 18.9 Å². The van der Waals surface area contributed by atoms with Crippen molar-refractivity contribution in [3.8, 4) is 0 Å². The lowest BCUT2D eigenvalue weighted by Gasteiger charge is -2.40. The average Bonchev–Trinajstić information content (AvgIpc) is 3.13. The fourth-order valence-corrected chi connectivity index (χ4v) is 5.51. The summed E-state index contributed by atoms with van der Waals surface area (Å²) in [4.78, 5) is 25.1. The predicted octanol–water partition coefficient (Wildman–Crippen LogP) is 6.32. The van der Waals surface area contributed by atoms with Gasteiger partial charge in [-0.1, -0.05) is 111 Å². The van der Waals surface area contributed by atoms with Gasteiger partial charge in [0.2, 0.25) is 0 Å². The van der Waals surface area contributed by atoms with Gasteiger partial charge < -0.3 is 34.3 Å². The fraction of sp³-hybridized carbons (Fsp3) is 0.561. The molecule has 0 aliphatic carbocycles. The molecule has 0 radical (unpaired) electrons. The van der Waals surface area contributed by atoms with Crippen LogP contribution in [-0.4, -0.2) is 96.0 Å². The second-order valence-electron chi connectivity index (χ2n) is 12.5. The highest BCUT2D eigenvalue weighted by Crippen LogP contribution is 2.23. The zero-order valence-electron chi connectivity index (χ0n) is 31.8. The molecule has 0 aromatic rings. The van der Waals surface area contributed by atoms with Crippen LogP contribution in [0.2, 0.25) is 0 Å². The minimum absolute atomic E-state index is 0.0222. The summed E-state index contributed by atoms with van der Waals surface area (Å²) in [5.74, 6) is -2.21. The number of hydrogen-bond donors (Lipinski definition) is 4. The molecule has 0 saturated carbocycles. The maximum Gasteiger partial charge on any atom is 0.306 e. The quantitative estimate of drug-likeness (QED) is 0.0394. The van der Waals surface area contributed by atoms with Crippen LogP contribution in [0.15, 0.2) is 97.2 Å². The van der Waals surface area contributed by atoms with Crippen molar-refractivity contribution in [2.75, 3.05) is 19.0 Å². The van der Waals surface area contributed by atoms with Crippen molar-refractivity contribution in [1.29, 1.82) is 0 Å². The zero-order valence-corrected chi connectivity index (χ0v) is 32.6. The smallest absolute Gasteiger partial charge is 0.306 e. The number of aliphatic hydroxyl groups excluding tert-OH is 3. The van der Waals surface area contributed by atoms with Crippen molar-refractivity contribution >= 4 is 22.1 Å². The summed E-state index contributed by atoms with van der Waals surface area (Å²) in [5.41, 5.74) is 0. The molecule has 0 spiro atoms. The van der Waals surface area contributed by atoms with E-state index < -0.39 is 71.2 Å². The Morgan fingerprint density at radius 2 is 1.04 bits per heavy atom. The monoisotopic (exact) mass is 778 g/mol. The molecule has 6 atom stereocenters. The predicted molar refractivity (Wildman–Crippen MR) is 210 cm³/mol. The van der Waals surface area contributed by atoms with Gasteiger partial charge in [-0.05, 0) is 64.2 Å². The molecule has 4 N–H and O–H groups in total. The van der Waals surface area contributed by atoms with Gasteiger partial charge in [0.15, 0.2) is 12.4 Å². The highest BCUT2D eigenvalue weighted by Gasteiger charge is 2.46. The number of esters is 2. The van der Waals surface area contributed by atoms with E-state index in [0.29, 0.717) is 19.3 Å². The first-order valence-corrected chi connectivity index (χ1v) is 20.4. The average molecular weight is 779 g/mol. The SMILES string of the molecule is CC/C=C\C/C=C\C/C=C\C/C=C\CCC(=O)OCC(COC1OC(CS(=O)(=O)O)C(O)C(O)C1O)OC(=O)CC/C=C\C/C=C\C/C=C\C/C=C\CC. The largest absolute Gasteiger partial charge is 0.462 e. The van der Waals surface area contributed by atoms with Crippen LogP contribution < -0.4 is 0 Å². The van der Waals surface area contributed by atoms with E-state index in [0.717, 1.165) is 44.9 Å². The lowest BCUT2D eigenvalue weighted by Crippen LogP contribution is -2.60. The highest BCUT2D eigenvalue weighted by molar-refractivity contribution is 7.85. The summed E-state index contributed by atoms with van der Waals surface area (Å²) in [6, 6.07) is 0. The Morgan fingerprint density at radius 3 is 1.48 bits per heavy atom. The molecule has 1 saturated heterocycles. The van der Waals surface area contributed by atoms with Gasteiger partial charge in [0.05, 0.1) is 6.61 Å². The second kappa shape index (κ2) is 30.8. The van der Waals surface area contributed by atoms with Gasteiger partial charge >= 0.3 is 11.9 Å². The zero-order chi connectivity index (χ0) is 39.9. The minimum Gasteiger partial charge on any atom is -0.462 e. The van der Waals surface area contributed by atoms with Crippen molar-refractivity contribution in [3.63, 3.8) is 0 Å². The Hall–Kier alpha value is -3.43. The maximum atomic E-state index is 12.7. The topological polar surface area (TPSA) is 186 Å². The Bertz CT molecular complexity index is 1380. The molecule has 1 aliphatic rings. The van der Waals surface area contributed by atoms with Crippen LogP contribution in [-0.2, 0) is 38.7 Å². The third-order valence-corrected chi connectivity index (χ3v) is 8.44. The molecule has 1 heterocycles. The normalized spacial score (nSPS) is 22.1. The van der Waals surface area contributed by atoms with Gasteiger partial charge in [-0.25, -0.2) is 0 Å². The Balaban J connectivity index is 2.65. The third kappa shape index (κ3) is 25.6. The van der Waals surface area contributed by atoms with E-state index >= 15 is 0 Å². The number of rotatable bonds is 28. The molecule has 1 fully saturated rings. The lowest BCUT2D eigenvalue weighted by atomic mass is 10.00. The molecular weight excluding hydrogens is 717 g/mol. The molecule has 0 aromatic carbocycles. The van der Waals surface area contributed by atoms with Crippen LogP contribution in [0.5, 0.6) is 0 Å². The van der Waals surface area contributed by atoms with Gasteiger partial charge in [0, 0.05) is 12.8 Å². The van der Waals surface area contributed by atoms with E-state index in [9.17, 15) is 37.9 Å². The molecule has 1 aliphatic heterocycles. The second-order valence-corrected chi connectivity index (χ2v) is 14.0. The molecule has 0 aromatic heterocycles. The molecule has 0 bridgehead atoms. The first kappa shape index (κ1) is 48.6. The molecule has 304 valence electrons. The maximum absolute atomic E-state index is 12.7. The molecule has 1 rings (SSSR count). The summed E-state index contributed by atoms with van der Waals surface area (Å²) < 4.78 is 53.6. The lowest BCUT2D eigenvalue weighted by molar-refractivity contribution is -0.297. The van der Waals surface area contributed by atoms with E-state index in [-0.39, 0.29) is 19.4 Å². The van der Waals surface area contributed by atoms with Crippen molar-refractivity contribution in [2.24, 2.45) is 0 Å². The number of carbonyl (C=O) groups is 2. The number of hydrogen-bond acceptors (Lipinski definition) is 11. The first-order chi connectivity index (χ1) is 26.0. The van der Waals surface area contributed by atoms with Gasteiger partial charge in [0.1, 0.15) is 36.8 Å². The summed E-state index contributed by atoms with van der Waals surface area (Å²) >= 11 is 0. The minimum atomic E-state index is -4.62. The van der Waals surface area contributed by atoms with Gasteiger partial charge in [-0.15, -0.1) is 0 Å². The number of aliphatic hydroxyl groups is 3. The molecule has 12 nitrogen and oxygen atoms in total. The van der Waals surface area contributed by atoms with Gasteiger partial charge in [0.25, 0.3) is 10.1 Å². The molecule has 0 amide bonds. The fourth-order valence-electron chi connectivity index (χ4n) is 4.82. The van der Waals surface area contributed by atoms with Crippen molar-refractivity contribution in [2.45, 2.75) is 128 Å². The van der Waals surface area contributed by atoms with Crippen LogP contribution in [0.4, 0.5) is 0 Å². The summed E-state index contributed by atoms with van der Waals surface area (Å²) in [6.07, 6.45) is 30.8. The van der Waals surface area contributed by atoms with Crippen molar-refractivity contribution in [3.05, 3.63) is 97.2 Å². The molecule has 13 heteroatoms. The van der Waals surface area contributed by atoms with E-state index in [2.05, 4.69) is 74.6 Å². The Labute approximate surface area is 322 Å². The van der Waals surface area contributed by atoms with Gasteiger partial charge in [-0.3, -0.25) is 14.1 Å². The van der Waals surface area contributed by atoms with Crippen molar-refractivity contribution < 1.29 is 56.8 Å². The number of ether oxygens (including phenoxy) is 4. The standard InChI is InChI=1S/C41H62O12S/c1-3-5-7-9-11-13-15-17-19-21-23-25-27-29-36(42)50-31-34(32-51-41-40(46)39(45)38(44)35(53-41)33-54(47,48)49)52-37(43)30-28-26-24-22-20-18-16-14-12-10-8-6-4-2/h5-8,11-14,17-20,23-26,34-35,38-41,44-46H,3-4,9-10,15-16,21-22,27-33H2,1-2H3,(H,47,48,49)/b7-5-,8-6-,13-11-,14-12-,19-17-,20-18-,25-23-,26-24-. The van der Waals surface area contributed by atoms with Crippen LogP contribution in [0.3, 0.4) is 0 Å². The Kier molecular flexibility index (Phi) is 27.8. The van der Waals surface area contributed by atoms with Crippen LogP contribution in [0.1, 0.15) is 90.9 Å². The highest BCUT2D eigenvalue weighted by atomic mass is 32.2. The van der Waals surface area contributed by atoms with E-state index in [1.807, 2.05) is 36.5 Å². The first-order valence-electron chi connectivity index (χ1n) is 18.8. The molecule has 6 unspecified atom stereocenters.